The normalized spacial score (nSPS) is 23.6. The second kappa shape index (κ2) is 4.88. The number of likely N-dealkylation sites (N-methyl/N-ethyl adjacent to an activating group) is 1. The summed E-state index contributed by atoms with van der Waals surface area (Å²) < 4.78 is 0. The summed E-state index contributed by atoms with van der Waals surface area (Å²) in [5.41, 5.74) is 0.598. The van der Waals surface area contributed by atoms with E-state index in [1.807, 2.05) is 49.1 Å². The van der Waals surface area contributed by atoms with Gasteiger partial charge in [0.25, 0.3) is 0 Å². The molecule has 1 aromatic carbocycles. The van der Waals surface area contributed by atoms with Gasteiger partial charge in [0.05, 0.1) is 5.54 Å². The Kier molecular flexibility index (Phi) is 3.48. The quantitative estimate of drug-likeness (QED) is 0.866. The van der Waals surface area contributed by atoms with Gasteiger partial charge in [0, 0.05) is 12.2 Å². The average Bonchev–Trinajstić information content (AvgIpc) is 2.80. The van der Waals surface area contributed by atoms with Gasteiger partial charge in [-0.25, -0.2) is 0 Å². The molecule has 1 N–H and O–H groups in total. The van der Waals surface area contributed by atoms with Crippen LogP contribution in [-0.2, 0) is 4.79 Å². The molecule has 1 saturated heterocycles. The van der Waals surface area contributed by atoms with Crippen molar-refractivity contribution in [3.8, 4) is 0 Å². The standard InChI is InChI=1S/C14H20N2O/c1-3-16(12-8-5-4-6-9-12)13(17)14(2)10-7-11-15-14/h4-6,8-9,15H,3,7,10-11H2,1-2H3. The molecule has 1 heterocycles. The third-order valence-electron chi connectivity index (χ3n) is 3.47. The van der Waals surface area contributed by atoms with Crippen LogP contribution in [-0.4, -0.2) is 24.5 Å². The number of carbonyl (C=O) groups excluding carboxylic acids is 1. The van der Waals surface area contributed by atoms with Crippen molar-refractivity contribution in [3.63, 3.8) is 0 Å². The second-order valence-electron chi connectivity index (χ2n) is 4.75. The van der Waals surface area contributed by atoms with Crippen molar-refractivity contribution in [1.82, 2.24) is 5.32 Å². The molecule has 0 spiro atoms. The number of anilines is 1. The summed E-state index contributed by atoms with van der Waals surface area (Å²) in [6.45, 7) is 5.67. The number of hydrogen-bond donors (Lipinski definition) is 1. The fourth-order valence-electron chi connectivity index (χ4n) is 2.43. The van der Waals surface area contributed by atoms with Crippen molar-refractivity contribution >= 4 is 11.6 Å². The van der Waals surface area contributed by atoms with Gasteiger partial charge in [-0.1, -0.05) is 18.2 Å². The molecule has 0 aromatic heterocycles. The van der Waals surface area contributed by atoms with Crippen molar-refractivity contribution in [3.05, 3.63) is 30.3 Å². The summed E-state index contributed by atoms with van der Waals surface area (Å²) in [5, 5.41) is 3.33. The van der Waals surface area contributed by atoms with Crippen LogP contribution >= 0.6 is 0 Å². The van der Waals surface area contributed by atoms with E-state index in [4.69, 9.17) is 0 Å². The SMILES string of the molecule is CCN(C(=O)C1(C)CCCN1)c1ccccc1. The highest BCUT2D eigenvalue weighted by molar-refractivity contribution is 6.00. The lowest BCUT2D eigenvalue weighted by atomic mass is 9.98. The minimum absolute atomic E-state index is 0.184. The first-order chi connectivity index (χ1) is 8.17. The number of amides is 1. The molecule has 2 rings (SSSR count). The predicted octanol–water partition coefficient (Wildman–Crippen LogP) is 2.18. The first kappa shape index (κ1) is 12.1. The van der Waals surface area contributed by atoms with Crippen molar-refractivity contribution in [1.29, 1.82) is 0 Å². The summed E-state index contributed by atoms with van der Waals surface area (Å²) in [5.74, 6) is 0.184. The summed E-state index contributed by atoms with van der Waals surface area (Å²) in [7, 11) is 0. The summed E-state index contributed by atoms with van der Waals surface area (Å²) in [4.78, 5) is 14.4. The molecule has 1 unspecified atom stereocenters. The maximum Gasteiger partial charge on any atom is 0.246 e. The Labute approximate surface area is 103 Å². The highest BCUT2D eigenvalue weighted by Gasteiger charge is 2.38. The number of carbonyl (C=O) groups is 1. The van der Waals surface area contributed by atoms with Crippen LogP contribution < -0.4 is 10.2 Å². The first-order valence-electron chi connectivity index (χ1n) is 6.29. The van der Waals surface area contributed by atoms with E-state index in [2.05, 4.69) is 5.32 Å². The van der Waals surface area contributed by atoms with E-state index >= 15 is 0 Å². The van der Waals surface area contributed by atoms with E-state index in [9.17, 15) is 4.79 Å². The zero-order valence-corrected chi connectivity index (χ0v) is 10.6. The minimum Gasteiger partial charge on any atom is -0.311 e. The fourth-order valence-corrected chi connectivity index (χ4v) is 2.43. The van der Waals surface area contributed by atoms with Gasteiger partial charge in [0.1, 0.15) is 0 Å². The molecule has 1 atom stereocenters. The van der Waals surface area contributed by atoms with Crippen molar-refractivity contribution in [2.45, 2.75) is 32.2 Å². The second-order valence-corrected chi connectivity index (χ2v) is 4.75. The van der Waals surface area contributed by atoms with Crippen LogP contribution in [0.15, 0.2) is 30.3 Å². The molecule has 1 aliphatic rings. The predicted molar refractivity (Wildman–Crippen MR) is 70.1 cm³/mol. The maximum absolute atomic E-state index is 12.6. The molecule has 0 aliphatic carbocycles. The Bertz CT molecular complexity index is 382. The number of rotatable bonds is 3. The minimum atomic E-state index is -0.383. The molecule has 3 nitrogen and oxygen atoms in total. The number of benzene rings is 1. The van der Waals surface area contributed by atoms with Gasteiger partial charge in [-0.3, -0.25) is 4.79 Å². The average molecular weight is 232 g/mol. The van der Waals surface area contributed by atoms with Gasteiger partial charge in [0.15, 0.2) is 0 Å². The van der Waals surface area contributed by atoms with Gasteiger partial charge < -0.3 is 10.2 Å². The van der Waals surface area contributed by atoms with Crippen LogP contribution in [0, 0.1) is 0 Å². The van der Waals surface area contributed by atoms with Gasteiger partial charge in [-0.2, -0.15) is 0 Å². The highest BCUT2D eigenvalue weighted by Crippen LogP contribution is 2.24. The van der Waals surface area contributed by atoms with E-state index in [1.54, 1.807) is 0 Å². The van der Waals surface area contributed by atoms with E-state index < -0.39 is 0 Å². The van der Waals surface area contributed by atoms with Crippen molar-refractivity contribution in [2.24, 2.45) is 0 Å². The number of hydrogen-bond acceptors (Lipinski definition) is 2. The van der Waals surface area contributed by atoms with Gasteiger partial charge in [-0.15, -0.1) is 0 Å². The van der Waals surface area contributed by atoms with Gasteiger partial charge in [-0.05, 0) is 45.4 Å². The molecular weight excluding hydrogens is 212 g/mol. The largest absolute Gasteiger partial charge is 0.311 e. The number of nitrogens with one attached hydrogen (secondary N) is 1. The molecular formula is C14H20N2O. The number of nitrogens with zero attached hydrogens (tertiary/aromatic N) is 1. The Morgan fingerprint density at radius 3 is 2.65 bits per heavy atom. The lowest BCUT2D eigenvalue weighted by Gasteiger charge is -2.31. The molecule has 1 aromatic rings. The molecule has 92 valence electrons. The smallest absolute Gasteiger partial charge is 0.246 e. The molecule has 0 radical (unpaired) electrons. The van der Waals surface area contributed by atoms with Crippen LogP contribution in [0.25, 0.3) is 0 Å². The van der Waals surface area contributed by atoms with E-state index in [-0.39, 0.29) is 11.4 Å². The van der Waals surface area contributed by atoms with E-state index in [0.29, 0.717) is 6.54 Å². The molecule has 1 aliphatic heterocycles. The molecule has 3 heteroatoms. The Hall–Kier alpha value is -1.35. The summed E-state index contributed by atoms with van der Waals surface area (Å²) >= 11 is 0. The Balaban J connectivity index is 2.22. The molecule has 0 saturated carbocycles. The van der Waals surface area contributed by atoms with Crippen molar-refractivity contribution in [2.75, 3.05) is 18.0 Å². The van der Waals surface area contributed by atoms with E-state index in [0.717, 1.165) is 25.1 Å². The first-order valence-corrected chi connectivity index (χ1v) is 6.29. The summed E-state index contributed by atoms with van der Waals surface area (Å²) in [6, 6.07) is 9.88. The zero-order valence-electron chi connectivity index (χ0n) is 10.6. The molecule has 1 amide bonds. The van der Waals surface area contributed by atoms with E-state index in [1.165, 1.54) is 0 Å². The molecule has 1 fully saturated rings. The maximum atomic E-state index is 12.6. The van der Waals surface area contributed by atoms with Crippen LogP contribution in [0.1, 0.15) is 26.7 Å². The van der Waals surface area contributed by atoms with Gasteiger partial charge in [0.2, 0.25) is 5.91 Å². The highest BCUT2D eigenvalue weighted by atomic mass is 16.2. The summed E-state index contributed by atoms with van der Waals surface area (Å²) in [6.07, 6.45) is 2.00. The van der Waals surface area contributed by atoms with Crippen LogP contribution in [0.4, 0.5) is 5.69 Å². The van der Waals surface area contributed by atoms with Crippen LogP contribution in [0.5, 0.6) is 0 Å². The monoisotopic (exact) mass is 232 g/mol. The Morgan fingerprint density at radius 1 is 1.41 bits per heavy atom. The fraction of sp³-hybridized carbons (Fsp3) is 0.500. The lowest BCUT2D eigenvalue weighted by molar-refractivity contribution is -0.123. The third-order valence-corrected chi connectivity index (χ3v) is 3.47. The van der Waals surface area contributed by atoms with Crippen LogP contribution in [0.3, 0.4) is 0 Å². The number of para-hydroxylation sites is 1. The van der Waals surface area contributed by atoms with Crippen LogP contribution in [0.2, 0.25) is 0 Å². The zero-order chi connectivity index (χ0) is 12.3. The Morgan fingerprint density at radius 2 is 2.12 bits per heavy atom. The van der Waals surface area contributed by atoms with Gasteiger partial charge >= 0.3 is 0 Å². The topological polar surface area (TPSA) is 32.3 Å². The lowest BCUT2D eigenvalue weighted by Crippen LogP contribution is -2.53. The third kappa shape index (κ3) is 2.34. The van der Waals surface area contributed by atoms with Crippen molar-refractivity contribution < 1.29 is 4.79 Å². The molecule has 0 bridgehead atoms. The molecule has 17 heavy (non-hydrogen) atoms.